The number of hydrogen-bond donors (Lipinski definition) is 2. The summed E-state index contributed by atoms with van der Waals surface area (Å²) in [5, 5.41) is 6.53. The molecule has 0 spiro atoms. The minimum absolute atomic E-state index is 0.128. The van der Waals surface area contributed by atoms with E-state index >= 15 is 0 Å². The molecule has 2 aromatic rings. The Kier molecular flexibility index (Phi) is 5.51. The molecule has 5 nitrogen and oxygen atoms in total. The molecule has 1 aromatic carbocycles. The van der Waals surface area contributed by atoms with Crippen LogP contribution in [0.4, 0.5) is 11.6 Å². The highest BCUT2D eigenvalue weighted by Crippen LogP contribution is 2.20. The molecule has 2 N–H and O–H groups in total. The minimum Gasteiger partial charge on any atom is -0.380 e. The number of hydrogen-bond acceptors (Lipinski definition) is 5. The van der Waals surface area contributed by atoms with Gasteiger partial charge < -0.3 is 15.4 Å². The van der Waals surface area contributed by atoms with Crippen LogP contribution >= 0.6 is 0 Å². The molecular weight excluding hydrogens is 264 g/mol. The van der Waals surface area contributed by atoms with Crippen LogP contribution in [0.15, 0.2) is 36.4 Å². The molecule has 2 rings (SSSR count). The number of anilines is 2. The van der Waals surface area contributed by atoms with E-state index in [1.807, 2.05) is 50.2 Å². The summed E-state index contributed by atoms with van der Waals surface area (Å²) in [7, 11) is 1.70. The van der Waals surface area contributed by atoms with E-state index in [1.165, 1.54) is 0 Å². The van der Waals surface area contributed by atoms with Gasteiger partial charge in [0.2, 0.25) is 0 Å². The van der Waals surface area contributed by atoms with Gasteiger partial charge in [-0.25, -0.2) is 9.97 Å². The van der Waals surface area contributed by atoms with Crippen molar-refractivity contribution in [3.8, 4) is 11.4 Å². The van der Waals surface area contributed by atoms with Crippen LogP contribution in [0.5, 0.6) is 0 Å². The molecule has 5 heteroatoms. The van der Waals surface area contributed by atoms with Crippen LogP contribution in [0.1, 0.15) is 13.8 Å². The van der Waals surface area contributed by atoms with Gasteiger partial charge in [0, 0.05) is 31.8 Å². The summed E-state index contributed by atoms with van der Waals surface area (Å²) in [5.41, 5.74) is 1.00. The van der Waals surface area contributed by atoms with Gasteiger partial charge in [0.1, 0.15) is 11.6 Å². The van der Waals surface area contributed by atoms with Crippen LogP contribution in [0.2, 0.25) is 0 Å². The van der Waals surface area contributed by atoms with Gasteiger partial charge in [-0.05, 0) is 13.8 Å². The topological polar surface area (TPSA) is 59.1 Å². The van der Waals surface area contributed by atoms with Crippen molar-refractivity contribution in [2.24, 2.45) is 0 Å². The lowest BCUT2D eigenvalue weighted by molar-refractivity contribution is 0.128. The lowest BCUT2D eigenvalue weighted by Crippen LogP contribution is -2.19. The molecule has 0 aliphatic rings. The van der Waals surface area contributed by atoms with Crippen molar-refractivity contribution in [3.63, 3.8) is 0 Å². The van der Waals surface area contributed by atoms with Crippen molar-refractivity contribution in [1.82, 2.24) is 9.97 Å². The van der Waals surface area contributed by atoms with Gasteiger partial charge in [-0.3, -0.25) is 0 Å². The van der Waals surface area contributed by atoms with Crippen LogP contribution in [0.25, 0.3) is 11.4 Å². The maximum atomic E-state index is 5.24. The second kappa shape index (κ2) is 7.59. The summed E-state index contributed by atoms with van der Waals surface area (Å²) in [5.74, 6) is 2.32. The third kappa shape index (κ3) is 4.43. The number of ether oxygens (including phenoxy) is 1. The Morgan fingerprint density at radius 3 is 2.38 bits per heavy atom. The van der Waals surface area contributed by atoms with Crippen LogP contribution in [0, 0.1) is 0 Å². The number of nitrogens with one attached hydrogen (secondary N) is 2. The van der Waals surface area contributed by atoms with E-state index in [4.69, 9.17) is 4.74 Å². The van der Waals surface area contributed by atoms with Gasteiger partial charge in [-0.15, -0.1) is 0 Å². The zero-order valence-corrected chi connectivity index (χ0v) is 12.8. The molecule has 21 heavy (non-hydrogen) atoms. The standard InChI is InChI=1S/C16H22N4O/c1-4-17-14-10-15(18-11-12(2)21-3)20-16(19-14)13-8-6-5-7-9-13/h5-10,12H,4,11H2,1-3H3,(H2,17,18,19,20). The Labute approximate surface area is 125 Å². The van der Waals surface area contributed by atoms with Crippen LogP contribution in [-0.2, 0) is 4.74 Å². The summed E-state index contributed by atoms with van der Waals surface area (Å²) in [4.78, 5) is 9.12. The molecule has 0 aliphatic heterocycles. The van der Waals surface area contributed by atoms with Gasteiger partial charge in [0.25, 0.3) is 0 Å². The van der Waals surface area contributed by atoms with E-state index < -0.39 is 0 Å². The molecule has 0 bridgehead atoms. The molecule has 1 atom stereocenters. The maximum Gasteiger partial charge on any atom is 0.163 e. The highest BCUT2D eigenvalue weighted by Gasteiger charge is 2.07. The van der Waals surface area contributed by atoms with Crippen molar-refractivity contribution in [2.45, 2.75) is 20.0 Å². The number of nitrogens with zero attached hydrogens (tertiary/aromatic N) is 2. The Morgan fingerprint density at radius 2 is 1.76 bits per heavy atom. The largest absolute Gasteiger partial charge is 0.380 e. The molecule has 0 saturated carbocycles. The van der Waals surface area contributed by atoms with E-state index in [0.717, 1.165) is 23.7 Å². The first-order chi connectivity index (χ1) is 10.2. The van der Waals surface area contributed by atoms with Crippen LogP contribution < -0.4 is 10.6 Å². The Hall–Kier alpha value is -2.14. The normalized spacial score (nSPS) is 12.0. The minimum atomic E-state index is 0.128. The molecule has 0 radical (unpaired) electrons. The van der Waals surface area contributed by atoms with Crippen LogP contribution in [-0.4, -0.2) is 36.3 Å². The third-order valence-corrected chi connectivity index (χ3v) is 3.09. The SMILES string of the molecule is CCNc1cc(NCC(C)OC)nc(-c2ccccc2)n1. The van der Waals surface area contributed by atoms with Gasteiger partial charge in [0.05, 0.1) is 6.10 Å². The molecule has 0 fully saturated rings. The smallest absolute Gasteiger partial charge is 0.163 e. The van der Waals surface area contributed by atoms with E-state index in [-0.39, 0.29) is 6.10 Å². The third-order valence-electron chi connectivity index (χ3n) is 3.09. The van der Waals surface area contributed by atoms with E-state index in [1.54, 1.807) is 7.11 Å². The number of methoxy groups -OCH3 is 1. The maximum absolute atomic E-state index is 5.24. The first-order valence-corrected chi connectivity index (χ1v) is 7.18. The van der Waals surface area contributed by atoms with E-state index in [0.29, 0.717) is 12.4 Å². The second-order valence-electron chi connectivity index (χ2n) is 4.79. The molecule has 1 heterocycles. The predicted octanol–water partition coefficient (Wildman–Crippen LogP) is 3.02. The van der Waals surface area contributed by atoms with E-state index in [2.05, 4.69) is 20.6 Å². The molecule has 1 unspecified atom stereocenters. The number of benzene rings is 1. The zero-order valence-electron chi connectivity index (χ0n) is 12.8. The van der Waals surface area contributed by atoms with Crippen LogP contribution in [0.3, 0.4) is 0 Å². The fourth-order valence-corrected chi connectivity index (χ4v) is 1.86. The average Bonchev–Trinajstić information content (AvgIpc) is 2.53. The Bertz CT molecular complexity index is 559. The fourth-order valence-electron chi connectivity index (χ4n) is 1.86. The van der Waals surface area contributed by atoms with Gasteiger partial charge >= 0.3 is 0 Å². The summed E-state index contributed by atoms with van der Waals surface area (Å²) in [6.07, 6.45) is 0.128. The lowest BCUT2D eigenvalue weighted by Gasteiger charge is -2.13. The average molecular weight is 286 g/mol. The quantitative estimate of drug-likeness (QED) is 0.819. The Morgan fingerprint density at radius 1 is 1.10 bits per heavy atom. The van der Waals surface area contributed by atoms with Crippen molar-refractivity contribution in [2.75, 3.05) is 30.8 Å². The first-order valence-electron chi connectivity index (χ1n) is 7.18. The van der Waals surface area contributed by atoms with Gasteiger partial charge in [-0.2, -0.15) is 0 Å². The summed E-state index contributed by atoms with van der Waals surface area (Å²) in [6.45, 7) is 5.58. The molecule has 1 aromatic heterocycles. The number of rotatable bonds is 7. The number of aromatic nitrogens is 2. The summed E-state index contributed by atoms with van der Waals surface area (Å²) in [6, 6.07) is 11.9. The van der Waals surface area contributed by atoms with Gasteiger partial charge in [-0.1, -0.05) is 30.3 Å². The second-order valence-corrected chi connectivity index (χ2v) is 4.79. The molecular formula is C16H22N4O. The zero-order chi connectivity index (χ0) is 15.1. The van der Waals surface area contributed by atoms with E-state index in [9.17, 15) is 0 Å². The first kappa shape index (κ1) is 15.3. The van der Waals surface area contributed by atoms with Crippen molar-refractivity contribution in [3.05, 3.63) is 36.4 Å². The predicted molar refractivity (Wildman–Crippen MR) is 86.6 cm³/mol. The van der Waals surface area contributed by atoms with Crippen molar-refractivity contribution < 1.29 is 4.74 Å². The molecule has 0 amide bonds. The molecule has 0 aliphatic carbocycles. The molecule has 0 saturated heterocycles. The van der Waals surface area contributed by atoms with Gasteiger partial charge in [0.15, 0.2) is 5.82 Å². The Balaban J connectivity index is 2.26. The lowest BCUT2D eigenvalue weighted by atomic mass is 10.2. The van der Waals surface area contributed by atoms with Crippen molar-refractivity contribution >= 4 is 11.6 Å². The highest BCUT2D eigenvalue weighted by atomic mass is 16.5. The molecule has 112 valence electrons. The fraction of sp³-hybridized carbons (Fsp3) is 0.375. The summed E-state index contributed by atoms with van der Waals surface area (Å²) < 4.78 is 5.24. The monoisotopic (exact) mass is 286 g/mol. The summed E-state index contributed by atoms with van der Waals surface area (Å²) >= 11 is 0. The van der Waals surface area contributed by atoms with Crippen molar-refractivity contribution in [1.29, 1.82) is 0 Å². The highest BCUT2D eigenvalue weighted by molar-refractivity contribution is 5.61.